The van der Waals surface area contributed by atoms with E-state index < -0.39 is 0 Å². The molecule has 2 heterocycles. The first-order valence-corrected chi connectivity index (χ1v) is 10.6. The summed E-state index contributed by atoms with van der Waals surface area (Å²) in [6, 6.07) is 17.2. The Kier molecular flexibility index (Phi) is 6.34. The zero-order valence-corrected chi connectivity index (χ0v) is 18.8. The molecule has 4 rings (SSSR count). The van der Waals surface area contributed by atoms with Crippen LogP contribution in [0, 0.1) is 0 Å². The third kappa shape index (κ3) is 4.15. The Morgan fingerprint density at radius 3 is 2.59 bits per heavy atom. The molecule has 1 N–H and O–H groups in total. The highest BCUT2D eigenvalue weighted by Gasteiger charge is 2.36. The number of hydrogen-bond donors (Lipinski definition) is 1. The number of nitrogens with one attached hydrogen (secondary N) is 1. The van der Waals surface area contributed by atoms with E-state index in [1.54, 1.807) is 19.1 Å². The molecule has 0 atom stereocenters. The van der Waals surface area contributed by atoms with Gasteiger partial charge in [-0.05, 0) is 36.5 Å². The monoisotopic (exact) mass is 448 g/mol. The predicted molar refractivity (Wildman–Crippen MR) is 129 cm³/mol. The van der Waals surface area contributed by atoms with Gasteiger partial charge in [0.2, 0.25) is 5.91 Å². The van der Waals surface area contributed by atoms with Crippen LogP contribution in [0.2, 0.25) is 0 Å². The van der Waals surface area contributed by atoms with Crippen molar-refractivity contribution in [1.29, 1.82) is 0 Å². The van der Waals surface area contributed by atoms with Crippen molar-refractivity contribution in [3.63, 3.8) is 0 Å². The van der Waals surface area contributed by atoms with Gasteiger partial charge >= 0.3 is 0 Å². The number of carbonyl (C=O) groups is 2. The van der Waals surface area contributed by atoms with Crippen LogP contribution in [0.15, 0.2) is 66.5 Å². The first kappa shape index (κ1) is 21.7. The maximum absolute atomic E-state index is 13.2. The topological polar surface area (TPSA) is 66.8 Å². The summed E-state index contributed by atoms with van der Waals surface area (Å²) in [5.41, 5.74) is 2.97. The molecule has 32 heavy (non-hydrogen) atoms. The average molecular weight is 449 g/mol. The van der Waals surface area contributed by atoms with E-state index in [2.05, 4.69) is 5.32 Å². The molecule has 7 nitrogen and oxygen atoms in total. The highest BCUT2D eigenvalue weighted by Crippen LogP contribution is 2.30. The van der Waals surface area contributed by atoms with Crippen LogP contribution in [0.25, 0.3) is 17.0 Å². The normalized spacial score (nSPS) is 15.2. The Labute approximate surface area is 191 Å². The highest BCUT2D eigenvalue weighted by molar-refractivity contribution is 7.80. The minimum atomic E-state index is -0.183. The average Bonchev–Trinajstić information content (AvgIpc) is 3.24. The zero-order chi connectivity index (χ0) is 22.7. The van der Waals surface area contributed by atoms with Gasteiger partial charge in [-0.1, -0.05) is 36.4 Å². The summed E-state index contributed by atoms with van der Waals surface area (Å²) in [7, 11) is 3.38. The number of benzene rings is 2. The molecule has 1 aliphatic heterocycles. The fraction of sp³-hybridized carbons (Fsp3) is 0.208. The fourth-order valence-electron chi connectivity index (χ4n) is 3.73. The van der Waals surface area contributed by atoms with Gasteiger partial charge in [0.15, 0.2) is 5.11 Å². The lowest BCUT2D eigenvalue weighted by molar-refractivity contribution is -0.121. The molecular weight excluding hydrogens is 424 g/mol. The van der Waals surface area contributed by atoms with Crippen molar-refractivity contribution in [2.75, 3.05) is 32.2 Å². The summed E-state index contributed by atoms with van der Waals surface area (Å²) in [6.07, 6.45) is 3.72. The Bertz CT molecular complexity index is 1200. The first-order chi connectivity index (χ1) is 15.5. The molecule has 2 amide bonds. The number of rotatable bonds is 7. The molecule has 0 spiro atoms. The number of nitrogens with zero attached hydrogens (tertiary/aromatic N) is 3. The standard InChI is InChI=1S/C24H24N4O3S/c1-26-21(23(30)28(24(26)32)18-8-4-3-5-9-18)14-17-15-27(16-22(29)25-12-13-31-2)20-11-7-6-10-19(17)20/h3-11,14-15H,12-13,16H2,1-2H3,(H,25,29). The number of methoxy groups -OCH3 is 1. The van der Waals surface area contributed by atoms with Crippen LogP contribution in [0.1, 0.15) is 5.56 Å². The van der Waals surface area contributed by atoms with Crippen molar-refractivity contribution in [2.45, 2.75) is 6.54 Å². The largest absolute Gasteiger partial charge is 0.383 e. The number of ether oxygens (including phenoxy) is 1. The minimum Gasteiger partial charge on any atom is -0.383 e. The second-order valence-electron chi connectivity index (χ2n) is 7.42. The van der Waals surface area contributed by atoms with Gasteiger partial charge in [-0.25, -0.2) is 0 Å². The minimum absolute atomic E-state index is 0.104. The number of likely N-dealkylation sites (N-methyl/N-ethyl adjacent to an activating group) is 1. The summed E-state index contributed by atoms with van der Waals surface area (Å²) >= 11 is 5.55. The van der Waals surface area contributed by atoms with E-state index in [0.717, 1.165) is 22.2 Å². The third-order valence-electron chi connectivity index (χ3n) is 5.33. The van der Waals surface area contributed by atoms with E-state index >= 15 is 0 Å². The smallest absolute Gasteiger partial charge is 0.281 e. The zero-order valence-electron chi connectivity index (χ0n) is 17.9. The van der Waals surface area contributed by atoms with Gasteiger partial charge in [-0.15, -0.1) is 0 Å². The lowest BCUT2D eigenvalue weighted by Crippen LogP contribution is -2.30. The number of amides is 2. The third-order valence-corrected chi connectivity index (χ3v) is 5.79. The lowest BCUT2D eigenvalue weighted by atomic mass is 10.1. The van der Waals surface area contributed by atoms with E-state index in [4.69, 9.17) is 17.0 Å². The molecule has 164 valence electrons. The lowest BCUT2D eigenvalue weighted by Gasteiger charge is -2.16. The Balaban J connectivity index is 1.67. The summed E-state index contributed by atoms with van der Waals surface area (Å²) in [5.74, 6) is -0.287. The Morgan fingerprint density at radius 1 is 1.12 bits per heavy atom. The Morgan fingerprint density at radius 2 is 1.84 bits per heavy atom. The predicted octanol–water partition coefficient (Wildman–Crippen LogP) is 3.01. The van der Waals surface area contributed by atoms with E-state index in [9.17, 15) is 9.59 Å². The van der Waals surface area contributed by atoms with Crippen LogP contribution in [0.3, 0.4) is 0 Å². The fourth-order valence-corrected chi connectivity index (χ4v) is 4.02. The number of carbonyl (C=O) groups excluding carboxylic acids is 2. The van der Waals surface area contributed by atoms with Crippen molar-refractivity contribution >= 4 is 51.8 Å². The number of fused-ring (bicyclic) bond motifs is 1. The maximum Gasteiger partial charge on any atom is 0.281 e. The van der Waals surface area contributed by atoms with Crippen LogP contribution < -0.4 is 10.2 Å². The second-order valence-corrected chi connectivity index (χ2v) is 7.78. The van der Waals surface area contributed by atoms with E-state index in [-0.39, 0.29) is 18.4 Å². The van der Waals surface area contributed by atoms with Crippen LogP contribution in [-0.4, -0.2) is 53.7 Å². The van der Waals surface area contributed by atoms with Crippen LogP contribution >= 0.6 is 12.2 Å². The second kappa shape index (κ2) is 9.33. The summed E-state index contributed by atoms with van der Waals surface area (Å²) in [5, 5.41) is 4.22. The van der Waals surface area contributed by atoms with Crippen LogP contribution in [-0.2, 0) is 20.9 Å². The number of para-hydroxylation sites is 2. The summed E-state index contributed by atoms with van der Waals surface area (Å²) in [6.45, 7) is 1.09. The van der Waals surface area contributed by atoms with E-state index in [0.29, 0.717) is 24.0 Å². The number of thiocarbonyl (C=S) groups is 1. The first-order valence-electron chi connectivity index (χ1n) is 10.2. The van der Waals surface area contributed by atoms with Gasteiger partial charge < -0.3 is 19.5 Å². The van der Waals surface area contributed by atoms with Crippen molar-refractivity contribution in [3.05, 3.63) is 72.1 Å². The van der Waals surface area contributed by atoms with Gasteiger partial charge in [-0.3, -0.25) is 14.5 Å². The highest BCUT2D eigenvalue weighted by atomic mass is 32.1. The van der Waals surface area contributed by atoms with Gasteiger partial charge in [0, 0.05) is 43.4 Å². The molecule has 0 aliphatic carbocycles. The number of anilines is 1. The maximum atomic E-state index is 13.2. The molecule has 3 aromatic rings. The Hall–Kier alpha value is -3.49. The molecule has 1 aliphatic rings. The molecular formula is C24H24N4O3S. The molecule has 1 fully saturated rings. The molecule has 8 heteroatoms. The molecule has 2 aromatic carbocycles. The van der Waals surface area contributed by atoms with Crippen molar-refractivity contribution in [1.82, 2.24) is 14.8 Å². The van der Waals surface area contributed by atoms with Gasteiger partial charge in [0.1, 0.15) is 12.2 Å². The molecule has 0 bridgehead atoms. The quantitative estimate of drug-likeness (QED) is 0.342. The molecule has 0 unspecified atom stereocenters. The van der Waals surface area contributed by atoms with Crippen LogP contribution in [0.5, 0.6) is 0 Å². The molecule has 0 radical (unpaired) electrons. The van der Waals surface area contributed by atoms with E-state index in [1.165, 1.54) is 4.90 Å². The van der Waals surface area contributed by atoms with E-state index in [1.807, 2.05) is 71.4 Å². The van der Waals surface area contributed by atoms with Gasteiger partial charge in [-0.2, -0.15) is 0 Å². The van der Waals surface area contributed by atoms with Crippen LogP contribution in [0.4, 0.5) is 5.69 Å². The van der Waals surface area contributed by atoms with Crippen molar-refractivity contribution in [3.8, 4) is 0 Å². The number of aromatic nitrogens is 1. The van der Waals surface area contributed by atoms with Gasteiger partial charge in [0.05, 0.1) is 12.3 Å². The molecule has 0 saturated carbocycles. The van der Waals surface area contributed by atoms with Gasteiger partial charge in [0.25, 0.3) is 5.91 Å². The molecule has 1 saturated heterocycles. The summed E-state index contributed by atoms with van der Waals surface area (Å²) in [4.78, 5) is 28.8. The number of hydrogen-bond acceptors (Lipinski definition) is 4. The molecule has 1 aromatic heterocycles. The van der Waals surface area contributed by atoms with Crippen molar-refractivity contribution < 1.29 is 14.3 Å². The summed E-state index contributed by atoms with van der Waals surface area (Å²) < 4.78 is 6.87. The van der Waals surface area contributed by atoms with Crippen molar-refractivity contribution in [2.24, 2.45) is 0 Å². The SMILES string of the molecule is COCCNC(=O)Cn1cc(C=C2C(=O)N(c3ccccc3)C(=S)N2C)c2ccccc21.